The second kappa shape index (κ2) is 3.33. The first-order chi connectivity index (χ1) is 6.77. The highest BCUT2D eigenvalue weighted by atomic mass is 16.5. The van der Waals surface area contributed by atoms with Gasteiger partial charge < -0.3 is 9.14 Å². The van der Waals surface area contributed by atoms with Crippen LogP contribution >= 0.6 is 0 Å². The molecule has 0 amide bonds. The molecule has 2 heterocycles. The number of ether oxygens (including phenoxy) is 1. The van der Waals surface area contributed by atoms with Crippen molar-refractivity contribution in [3.8, 4) is 5.75 Å². The van der Waals surface area contributed by atoms with Gasteiger partial charge in [0.1, 0.15) is 11.4 Å². The fourth-order valence-corrected chi connectivity index (χ4v) is 1.80. The van der Waals surface area contributed by atoms with Gasteiger partial charge in [-0.2, -0.15) is 0 Å². The van der Waals surface area contributed by atoms with Crippen LogP contribution in [0.1, 0.15) is 18.2 Å². The summed E-state index contributed by atoms with van der Waals surface area (Å²) in [4.78, 5) is 4.31. The number of aromatic nitrogens is 2. The molecule has 2 rings (SSSR count). The molecule has 2 aromatic rings. The van der Waals surface area contributed by atoms with E-state index in [0.717, 1.165) is 23.4 Å². The highest BCUT2D eigenvalue weighted by Gasteiger charge is 2.08. The number of aryl methyl sites for hydroxylation is 2. The van der Waals surface area contributed by atoms with Gasteiger partial charge in [0.2, 0.25) is 0 Å². The van der Waals surface area contributed by atoms with E-state index in [-0.39, 0.29) is 0 Å². The molecular weight excluding hydrogens is 176 g/mol. The van der Waals surface area contributed by atoms with E-state index in [9.17, 15) is 0 Å². The summed E-state index contributed by atoms with van der Waals surface area (Å²) in [5, 5.41) is 0. The summed E-state index contributed by atoms with van der Waals surface area (Å²) in [7, 11) is 1.71. The quantitative estimate of drug-likeness (QED) is 0.725. The summed E-state index contributed by atoms with van der Waals surface area (Å²) in [6.07, 6.45) is 4.74. The molecule has 3 nitrogen and oxygen atoms in total. The number of hydrogen-bond donors (Lipinski definition) is 0. The average Bonchev–Trinajstić information content (AvgIpc) is 2.66. The third-order valence-electron chi connectivity index (χ3n) is 2.47. The highest BCUT2D eigenvalue weighted by Crippen LogP contribution is 2.23. The lowest BCUT2D eigenvalue weighted by molar-refractivity contribution is 0.406. The molecule has 2 aromatic heterocycles. The summed E-state index contributed by atoms with van der Waals surface area (Å²) in [5.74, 6) is 0.940. The summed E-state index contributed by atoms with van der Waals surface area (Å²) in [6.45, 7) is 4.16. The zero-order valence-corrected chi connectivity index (χ0v) is 8.74. The normalized spacial score (nSPS) is 10.8. The Hall–Kier alpha value is -1.51. The molecule has 0 fully saturated rings. The van der Waals surface area contributed by atoms with Crippen molar-refractivity contribution in [1.29, 1.82) is 0 Å². The van der Waals surface area contributed by atoms with Gasteiger partial charge >= 0.3 is 0 Å². The van der Waals surface area contributed by atoms with E-state index in [1.54, 1.807) is 7.11 Å². The van der Waals surface area contributed by atoms with Gasteiger partial charge in [-0.3, -0.25) is 0 Å². The molecule has 0 N–H and O–H groups in total. The van der Waals surface area contributed by atoms with Crippen LogP contribution in [0.4, 0.5) is 0 Å². The lowest BCUT2D eigenvalue weighted by Gasteiger charge is -2.10. The number of rotatable bonds is 2. The maximum atomic E-state index is 5.35. The lowest BCUT2D eigenvalue weighted by Crippen LogP contribution is -2.00. The first-order valence-corrected chi connectivity index (χ1v) is 4.77. The predicted molar refractivity (Wildman–Crippen MR) is 55.9 cm³/mol. The van der Waals surface area contributed by atoms with Crippen molar-refractivity contribution in [2.45, 2.75) is 20.3 Å². The van der Waals surface area contributed by atoms with Gasteiger partial charge in [0.25, 0.3) is 0 Å². The number of hydrogen-bond acceptors (Lipinski definition) is 2. The molecule has 0 atom stereocenters. The zero-order chi connectivity index (χ0) is 10.1. The molecule has 0 aromatic carbocycles. The van der Waals surface area contributed by atoms with Crippen molar-refractivity contribution in [3.63, 3.8) is 0 Å². The van der Waals surface area contributed by atoms with Crippen molar-refractivity contribution in [2.24, 2.45) is 0 Å². The molecule has 3 heteroatoms. The molecule has 74 valence electrons. The Bertz CT molecular complexity index is 460. The second-order valence-electron chi connectivity index (χ2n) is 3.32. The molecule has 0 saturated carbocycles. The van der Waals surface area contributed by atoms with E-state index in [1.165, 1.54) is 5.69 Å². The fourth-order valence-electron chi connectivity index (χ4n) is 1.80. The molecule has 0 radical (unpaired) electrons. The van der Waals surface area contributed by atoms with E-state index < -0.39 is 0 Å². The molecular formula is C11H14N2O. The largest absolute Gasteiger partial charge is 0.495 e. The van der Waals surface area contributed by atoms with Crippen LogP contribution in [0.15, 0.2) is 18.5 Å². The highest BCUT2D eigenvalue weighted by molar-refractivity contribution is 5.53. The topological polar surface area (TPSA) is 26.5 Å². The Labute approximate surface area is 83.3 Å². The Morgan fingerprint density at radius 1 is 1.50 bits per heavy atom. The number of imidazole rings is 1. The van der Waals surface area contributed by atoms with Crippen molar-refractivity contribution in [1.82, 2.24) is 9.38 Å². The Kier molecular flexibility index (Phi) is 2.15. The summed E-state index contributed by atoms with van der Waals surface area (Å²) < 4.78 is 7.44. The van der Waals surface area contributed by atoms with E-state index in [2.05, 4.69) is 16.3 Å². The molecule has 0 aliphatic rings. The molecule has 0 unspecified atom stereocenters. The van der Waals surface area contributed by atoms with Gasteiger partial charge in [0.15, 0.2) is 0 Å². The van der Waals surface area contributed by atoms with Crippen LogP contribution in [-0.4, -0.2) is 16.5 Å². The van der Waals surface area contributed by atoms with Gasteiger partial charge in [-0.15, -0.1) is 0 Å². The van der Waals surface area contributed by atoms with Gasteiger partial charge in [0, 0.05) is 12.4 Å². The maximum Gasteiger partial charge on any atom is 0.140 e. The number of pyridine rings is 1. The van der Waals surface area contributed by atoms with E-state index in [4.69, 9.17) is 4.74 Å². The molecule has 0 bridgehead atoms. The SMILES string of the molecule is CCc1c(OC)cc(C)c2nccn12. The van der Waals surface area contributed by atoms with Crippen LogP contribution in [0, 0.1) is 6.92 Å². The van der Waals surface area contributed by atoms with Crippen LogP contribution in [-0.2, 0) is 6.42 Å². The molecule has 0 aliphatic carbocycles. The first kappa shape index (κ1) is 9.06. The van der Waals surface area contributed by atoms with Crippen LogP contribution in [0.5, 0.6) is 5.75 Å². The third kappa shape index (κ3) is 1.16. The van der Waals surface area contributed by atoms with Gasteiger partial charge in [0.05, 0.1) is 12.8 Å². The fraction of sp³-hybridized carbons (Fsp3) is 0.364. The summed E-state index contributed by atoms with van der Waals surface area (Å²) in [6, 6.07) is 2.04. The van der Waals surface area contributed by atoms with E-state index in [0.29, 0.717) is 0 Å². The van der Waals surface area contributed by atoms with Gasteiger partial charge in [-0.05, 0) is 25.0 Å². The average molecular weight is 190 g/mol. The minimum Gasteiger partial charge on any atom is -0.495 e. The van der Waals surface area contributed by atoms with E-state index >= 15 is 0 Å². The Morgan fingerprint density at radius 2 is 2.29 bits per heavy atom. The standard InChI is InChI=1S/C11H14N2O/c1-4-9-10(14-3)7-8(2)11-12-5-6-13(9)11/h5-7H,4H2,1-3H3. The monoisotopic (exact) mass is 190 g/mol. The van der Waals surface area contributed by atoms with Crippen molar-refractivity contribution < 1.29 is 4.74 Å². The predicted octanol–water partition coefficient (Wildman–Crippen LogP) is 2.21. The third-order valence-corrected chi connectivity index (χ3v) is 2.47. The number of nitrogens with zero attached hydrogens (tertiary/aromatic N) is 2. The Balaban J connectivity index is 2.82. The summed E-state index contributed by atoms with van der Waals surface area (Å²) >= 11 is 0. The molecule has 0 aliphatic heterocycles. The lowest BCUT2D eigenvalue weighted by atomic mass is 10.2. The number of methoxy groups -OCH3 is 1. The minimum absolute atomic E-state index is 0.940. The molecule has 14 heavy (non-hydrogen) atoms. The van der Waals surface area contributed by atoms with Gasteiger partial charge in [-0.25, -0.2) is 4.98 Å². The van der Waals surface area contributed by atoms with Crippen LogP contribution in [0.25, 0.3) is 5.65 Å². The van der Waals surface area contributed by atoms with Crippen molar-refractivity contribution in [3.05, 3.63) is 29.7 Å². The van der Waals surface area contributed by atoms with Crippen LogP contribution < -0.4 is 4.74 Å². The zero-order valence-electron chi connectivity index (χ0n) is 8.74. The smallest absolute Gasteiger partial charge is 0.140 e. The van der Waals surface area contributed by atoms with Crippen molar-refractivity contribution >= 4 is 5.65 Å². The molecule has 0 spiro atoms. The van der Waals surface area contributed by atoms with Crippen LogP contribution in [0.3, 0.4) is 0 Å². The maximum absolute atomic E-state index is 5.35. The number of fused-ring (bicyclic) bond motifs is 1. The summed E-state index contributed by atoms with van der Waals surface area (Å²) in [5.41, 5.74) is 3.33. The van der Waals surface area contributed by atoms with Crippen molar-refractivity contribution in [2.75, 3.05) is 7.11 Å². The molecule has 0 saturated heterocycles. The van der Waals surface area contributed by atoms with E-state index in [1.807, 2.05) is 25.4 Å². The second-order valence-corrected chi connectivity index (χ2v) is 3.32. The van der Waals surface area contributed by atoms with Crippen LogP contribution in [0.2, 0.25) is 0 Å². The first-order valence-electron chi connectivity index (χ1n) is 4.77. The van der Waals surface area contributed by atoms with Gasteiger partial charge in [-0.1, -0.05) is 6.92 Å². The Morgan fingerprint density at radius 3 is 2.93 bits per heavy atom. The minimum atomic E-state index is 0.940.